The third-order valence-corrected chi connectivity index (χ3v) is 4.46. The zero-order chi connectivity index (χ0) is 19.4. The van der Waals surface area contributed by atoms with Crippen molar-refractivity contribution in [2.75, 3.05) is 5.32 Å². The second-order valence-electron chi connectivity index (χ2n) is 6.44. The van der Waals surface area contributed by atoms with E-state index in [1.807, 2.05) is 56.3 Å². The number of para-hydroxylation sites is 1. The third kappa shape index (κ3) is 4.23. The first-order valence-corrected chi connectivity index (χ1v) is 8.66. The second kappa shape index (κ2) is 7.86. The largest absolute Gasteiger partial charge is 0.331 e. The molecule has 0 unspecified atom stereocenters. The molecule has 0 aliphatic carbocycles. The van der Waals surface area contributed by atoms with Crippen LogP contribution < -0.4 is 16.6 Å². The van der Waals surface area contributed by atoms with Crippen molar-refractivity contribution in [3.63, 3.8) is 0 Å². The van der Waals surface area contributed by atoms with Gasteiger partial charge in [0.1, 0.15) is 6.54 Å². The number of aromatic nitrogens is 2. The molecule has 0 aliphatic rings. The van der Waals surface area contributed by atoms with Crippen molar-refractivity contribution < 1.29 is 4.79 Å². The summed E-state index contributed by atoms with van der Waals surface area (Å²) >= 11 is 0. The van der Waals surface area contributed by atoms with E-state index in [1.54, 1.807) is 6.07 Å². The summed E-state index contributed by atoms with van der Waals surface area (Å²) in [6.07, 6.45) is 1.47. The SMILES string of the molecule is Cc1ccccc1Cn1ccc(=O)n(CC(=O)Nc2ccccc2C)c1=O. The number of anilines is 1. The molecule has 0 radical (unpaired) electrons. The van der Waals surface area contributed by atoms with Gasteiger partial charge in [-0.15, -0.1) is 0 Å². The van der Waals surface area contributed by atoms with Crippen LogP contribution in [0.5, 0.6) is 0 Å². The average Bonchev–Trinajstić information content (AvgIpc) is 2.64. The number of hydrogen-bond donors (Lipinski definition) is 1. The quantitative estimate of drug-likeness (QED) is 0.756. The average molecular weight is 363 g/mol. The molecule has 0 fully saturated rings. The molecule has 3 aromatic rings. The van der Waals surface area contributed by atoms with Crippen molar-refractivity contribution in [3.8, 4) is 0 Å². The van der Waals surface area contributed by atoms with Crippen LogP contribution in [-0.4, -0.2) is 15.0 Å². The molecule has 27 heavy (non-hydrogen) atoms. The fourth-order valence-corrected chi connectivity index (χ4v) is 2.84. The van der Waals surface area contributed by atoms with Crippen LogP contribution in [0.4, 0.5) is 5.69 Å². The zero-order valence-corrected chi connectivity index (χ0v) is 15.3. The van der Waals surface area contributed by atoms with Crippen LogP contribution in [0.1, 0.15) is 16.7 Å². The van der Waals surface area contributed by atoms with E-state index in [0.29, 0.717) is 12.2 Å². The highest BCUT2D eigenvalue weighted by atomic mass is 16.2. The van der Waals surface area contributed by atoms with Gasteiger partial charge >= 0.3 is 5.69 Å². The Labute approximate surface area is 156 Å². The highest BCUT2D eigenvalue weighted by molar-refractivity contribution is 5.91. The fraction of sp³-hybridized carbons (Fsp3) is 0.190. The monoisotopic (exact) mass is 363 g/mol. The molecule has 138 valence electrons. The van der Waals surface area contributed by atoms with E-state index in [-0.39, 0.29) is 6.54 Å². The van der Waals surface area contributed by atoms with Gasteiger partial charge in [-0.2, -0.15) is 0 Å². The van der Waals surface area contributed by atoms with Crippen molar-refractivity contribution in [1.82, 2.24) is 9.13 Å². The van der Waals surface area contributed by atoms with Crippen molar-refractivity contribution in [1.29, 1.82) is 0 Å². The smallest absolute Gasteiger partial charge is 0.324 e. The highest BCUT2D eigenvalue weighted by Crippen LogP contribution is 2.12. The molecule has 0 bridgehead atoms. The van der Waals surface area contributed by atoms with Crippen LogP contribution >= 0.6 is 0 Å². The number of rotatable bonds is 5. The Balaban J connectivity index is 1.84. The van der Waals surface area contributed by atoms with Crippen LogP contribution in [0.15, 0.2) is 70.4 Å². The maximum atomic E-state index is 12.7. The Kier molecular flexibility index (Phi) is 5.35. The number of carbonyl (C=O) groups excluding carboxylic acids is 1. The molecule has 6 heteroatoms. The summed E-state index contributed by atoms with van der Waals surface area (Å²) in [5.74, 6) is -0.419. The summed E-state index contributed by atoms with van der Waals surface area (Å²) in [5.41, 5.74) is 2.59. The van der Waals surface area contributed by atoms with E-state index in [1.165, 1.54) is 16.8 Å². The highest BCUT2D eigenvalue weighted by Gasteiger charge is 2.11. The summed E-state index contributed by atoms with van der Waals surface area (Å²) in [5, 5.41) is 2.74. The minimum Gasteiger partial charge on any atom is -0.324 e. The molecule has 0 atom stereocenters. The molecule has 0 aliphatic heterocycles. The Morgan fingerprint density at radius 2 is 1.59 bits per heavy atom. The van der Waals surface area contributed by atoms with Crippen molar-refractivity contribution >= 4 is 11.6 Å². The Hall–Kier alpha value is -3.41. The van der Waals surface area contributed by atoms with Gasteiger partial charge in [0.25, 0.3) is 5.56 Å². The third-order valence-electron chi connectivity index (χ3n) is 4.46. The molecule has 1 heterocycles. The summed E-state index contributed by atoms with van der Waals surface area (Å²) in [6.45, 7) is 3.84. The van der Waals surface area contributed by atoms with Crippen LogP contribution in [0.3, 0.4) is 0 Å². The molecular weight excluding hydrogens is 342 g/mol. The van der Waals surface area contributed by atoms with Gasteiger partial charge < -0.3 is 5.32 Å². The van der Waals surface area contributed by atoms with E-state index in [0.717, 1.165) is 21.3 Å². The molecule has 3 rings (SSSR count). The van der Waals surface area contributed by atoms with Gasteiger partial charge in [-0.05, 0) is 36.6 Å². The van der Waals surface area contributed by atoms with Crippen LogP contribution in [0.25, 0.3) is 0 Å². The van der Waals surface area contributed by atoms with E-state index in [2.05, 4.69) is 5.32 Å². The van der Waals surface area contributed by atoms with E-state index in [9.17, 15) is 14.4 Å². The lowest BCUT2D eigenvalue weighted by Gasteiger charge is -2.12. The predicted molar refractivity (Wildman–Crippen MR) is 105 cm³/mol. The van der Waals surface area contributed by atoms with Crippen LogP contribution in [-0.2, 0) is 17.9 Å². The molecular formula is C21H21N3O3. The number of nitrogens with one attached hydrogen (secondary N) is 1. The van der Waals surface area contributed by atoms with Crippen LogP contribution in [0.2, 0.25) is 0 Å². The lowest BCUT2D eigenvalue weighted by Crippen LogP contribution is -2.42. The Morgan fingerprint density at radius 1 is 0.926 bits per heavy atom. The van der Waals surface area contributed by atoms with E-state index >= 15 is 0 Å². The van der Waals surface area contributed by atoms with Gasteiger partial charge in [-0.1, -0.05) is 42.5 Å². The molecule has 0 saturated heterocycles. The molecule has 6 nitrogen and oxygen atoms in total. The molecule has 1 amide bonds. The lowest BCUT2D eigenvalue weighted by atomic mass is 10.1. The number of aryl methyl sites for hydroxylation is 2. The minimum absolute atomic E-state index is 0.333. The molecule has 0 saturated carbocycles. The zero-order valence-electron chi connectivity index (χ0n) is 15.3. The first-order valence-electron chi connectivity index (χ1n) is 8.66. The number of amides is 1. The number of benzene rings is 2. The number of nitrogens with zero attached hydrogens (tertiary/aromatic N) is 2. The lowest BCUT2D eigenvalue weighted by molar-refractivity contribution is -0.116. The van der Waals surface area contributed by atoms with Crippen LogP contribution in [0, 0.1) is 13.8 Å². The van der Waals surface area contributed by atoms with Gasteiger partial charge in [-0.3, -0.25) is 18.7 Å². The molecule has 1 N–H and O–H groups in total. The molecule has 1 aromatic heterocycles. The van der Waals surface area contributed by atoms with Gasteiger partial charge in [0.2, 0.25) is 5.91 Å². The normalized spacial score (nSPS) is 10.6. The Bertz CT molecular complexity index is 1100. The summed E-state index contributed by atoms with van der Waals surface area (Å²) in [4.78, 5) is 37.2. The first kappa shape index (κ1) is 18.4. The Morgan fingerprint density at radius 3 is 2.30 bits per heavy atom. The predicted octanol–water partition coefficient (Wildman–Crippen LogP) is 2.31. The fourth-order valence-electron chi connectivity index (χ4n) is 2.84. The first-order chi connectivity index (χ1) is 13.0. The standard InChI is InChI=1S/C21H21N3O3/c1-15-7-3-5-9-17(15)13-23-12-11-20(26)24(21(23)27)14-19(25)22-18-10-6-4-8-16(18)2/h3-12H,13-14H2,1-2H3,(H,22,25). The number of hydrogen-bond acceptors (Lipinski definition) is 3. The summed E-state index contributed by atoms with van der Waals surface area (Å²) in [6, 6.07) is 16.4. The van der Waals surface area contributed by atoms with E-state index < -0.39 is 17.2 Å². The van der Waals surface area contributed by atoms with E-state index in [4.69, 9.17) is 0 Å². The van der Waals surface area contributed by atoms with Crippen molar-refractivity contribution in [2.45, 2.75) is 26.9 Å². The number of carbonyl (C=O) groups is 1. The maximum Gasteiger partial charge on any atom is 0.331 e. The van der Waals surface area contributed by atoms with Gasteiger partial charge in [0, 0.05) is 18.0 Å². The van der Waals surface area contributed by atoms with Gasteiger partial charge in [0.05, 0.1) is 6.54 Å². The molecule has 0 spiro atoms. The molecule has 2 aromatic carbocycles. The maximum absolute atomic E-state index is 12.7. The second-order valence-corrected chi connectivity index (χ2v) is 6.44. The van der Waals surface area contributed by atoms with Gasteiger partial charge in [0.15, 0.2) is 0 Å². The van der Waals surface area contributed by atoms with Crippen molar-refractivity contribution in [3.05, 3.63) is 98.3 Å². The summed E-state index contributed by atoms with van der Waals surface area (Å²) < 4.78 is 2.39. The topological polar surface area (TPSA) is 73.1 Å². The summed E-state index contributed by atoms with van der Waals surface area (Å²) in [7, 11) is 0. The minimum atomic E-state index is -0.509. The van der Waals surface area contributed by atoms with Gasteiger partial charge in [-0.25, -0.2) is 4.79 Å². The van der Waals surface area contributed by atoms with Crippen molar-refractivity contribution in [2.24, 2.45) is 0 Å².